The molecule has 74 valence electrons. The van der Waals surface area contributed by atoms with Gasteiger partial charge in [0.15, 0.2) is 0 Å². The Kier molecular flexibility index (Phi) is 2.14. The molecule has 0 saturated heterocycles. The van der Waals surface area contributed by atoms with Crippen molar-refractivity contribution >= 4 is 11.3 Å². The number of allylic oxidation sites excluding steroid dienone is 8. The molecule has 1 aromatic heterocycles. The van der Waals surface area contributed by atoms with Gasteiger partial charge < -0.3 is 0 Å². The average molecular weight is 213 g/mol. The lowest BCUT2D eigenvalue weighted by atomic mass is 10.1. The second-order valence-electron chi connectivity index (χ2n) is 3.69. The molecule has 0 radical (unpaired) electrons. The highest BCUT2D eigenvalue weighted by Crippen LogP contribution is 2.32. The molecule has 0 atom stereocenters. The molecule has 1 heterocycles. The van der Waals surface area contributed by atoms with Crippen LogP contribution in [0.5, 0.6) is 0 Å². The largest absolute Gasteiger partial charge is 0.248 e. The van der Waals surface area contributed by atoms with Crippen LogP contribution in [0, 0.1) is 0 Å². The third-order valence-corrected chi connectivity index (χ3v) is 3.85. The van der Waals surface area contributed by atoms with Crippen molar-refractivity contribution in [3.63, 3.8) is 0 Å². The zero-order chi connectivity index (χ0) is 10.1. The summed E-state index contributed by atoms with van der Waals surface area (Å²) in [6.07, 6.45) is 19.1. The first kappa shape index (κ1) is 8.86. The summed E-state index contributed by atoms with van der Waals surface area (Å²) in [5.74, 6) is 0.851. The van der Waals surface area contributed by atoms with Crippen LogP contribution in [0.2, 0.25) is 0 Å². The fraction of sp³-hybridized carbons (Fsp3) is 0.154. The smallest absolute Gasteiger partial charge is 0.103 e. The highest BCUT2D eigenvalue weighted by atomic mass is 32.1. The third kappa shape index (κ3) is 1.61. The molecule has 0 fully saturated rings. The van der Waals surface area contributed by atoms with Gasteiger partial charge in [0.25, 0.3) is 0 Å². The van der Waals surface area contributed by atoms with Crippen LogP contribution in [0.4, 0.5) is 0 Å². The van der Waals surface area contributed by atoms with Crippen molar-refractivity contribution in [1.82, 2.24) is 4.98 Å². The summed E-state index contributed by atoms with van der Waals surface area (Å²) < 4.78 is 0. The number of rotatable bonds is 2. The summed E-state index contributed by atoms with van der Waals surface area (Å²) in [6, 6.07) is 0. The van der Waals surface area contributed by atoms with Crippen molar-refractivity contribution in [3.8, 4) is 0 Å². The molecule has 2 aliphatic rings. The van der Waals surface area contributed by atoms with E-state index in [1.807, 2.05) is 17.5 Å². The molecule has 2 heteroatoms. The van der Waals surface area contributed by atoms with E-state index in [1.165, 1.54) is 9.88 Å². The fourth-order valence-corrected chi connectivity index (χ4v) is 2.87. The maximum absolute atomic E-state index is 4.49. The number of hydrogen-bond acceptors (Lipinski definition) is 2. The van der Waals surface area contributed by atoms with E-state index in [9.17, 15) is 0 Å². The molecule has 15 heavy (non-hydrogen) atoms. The van der Waals surface area contributed by atoms with Crippen molar-refractivity contribution in [2.75, 3.05) is 0 Å². The van der Waals surface area contributed by atoms with Gasteiger partial charge >= 0.3 is 0 Å². The van der Waals surface area contributed by atoms with Gasteiger partial charge in [0, 0.05) is 22.9 Å². The second-order valence-corrected chi connectivity index (χ2v) is 4.79. The zero-order valence-electron chi connectivity index (χ0n) is 8.21. The Morgan fingerprint density at radius 2 is 1.47 bits per heavy atom. The summed E-state index contributed by atoms with van der Waals surface area (Å²) in [7, 11) is 0. The van der Waals surface area contributed by atoms with Crippen LogP contribution in [0.3, 0.4) is 0 Å². The molecule has 0 amide bonds. The van der Waals surface area contributed by atoms with Crippen LogP contribution in [0.15, 0.2) is 54.8 Å². The van der Waals surface area contributed by atoms with Gasteiger partial charge in [-0.05, 0) is 0 Å². The lowest BCUT2D eigenvalue weighted by Crippen LogP contribution is -1.85. The van der Waals surface area contributed by atoms with E-state index in [2.05, 4.69) is 53.6 Å². The molecule has 0 bridgehead atoms. The molecule has 0 N–H and O–H groups in total. The highest BCUT2D eigenvalue weighted by Gasteiger charge is 2.15. The molecule has 0 saturated carbocycles. The molecule has 0 aromatic carbocycles. The molecule has 3 rings (SSSR count). The fourth-order valence-electron chi connectivity index (χ4n) is 1.83. The predicted octanol–water partition coefficient (Wildman–Crippen LogP) is 3.56. The summed E-state index contributed by atoms with van der Waals surface area (Å²) in [6.45, 7) is 0. The van der Waals surface area contributed by atoms with Crippen LogP contribution < -0.4 is 0 Å². The Bertz CT molecular complexity index is 410. The first-order valence-electron chi connectivity index (χ1n) is 5.09. The SMILES string of the molecule is C1=CC(c2cnc(C3C=CC=C3)s2)C=C1. The number of hydrogen-bond donors (Lipinski definition) is 0. The molecule has 0 aliphatic heterocycles. The van der Waals surface area contributed by atoms with E-state index in [4.69, 9.17) is 0 Å². The predicted molar refractivity (Wildman–Crippen MR) is 64.2 cm³/mol. The van der Waals surface area contributed by atoms with E-state index in [-0.39, 0.29) is 0 Å². The van der Waals surface area contributed by atoms with E-state index in [0.717, 1.165) is 0 Å². The monoisotopic (exact) mass is 213 g/mol. The minimum absolute atomic E-state index is 0.401. The molecular formula is C13H11NS. The van der Waals surface area contributed by atoms with Gasteiger partial charge in [-0.25, -0.2) is 4.98 Å². The summed E-state index contributed by atoms with van der Waals surface area (Å²) in [4.78, 5) is 5.83. The topological polar surface area (TPSA) is 12.9 Å². The quantitative estimate of drug-likeness (QED) is 0.732. The first-order valence-corrected chi connectivity index (χ1v) is 5.91. The van der Waals surface area contributed by atoms with E-state index in [1.54, 1.807) is 0 Å². The number of aromatic nitrogens is 1. The van der Waals surface area contributed by atoms with Gasteiger partial charge in [-0.2, -0.15) is 0 Å². The minimum atomic E-state index is 0.401. The van der Waals surface area contributed by atoms with Crippen LogP contribution in [-0.4, -0.2) is 4.98 Å². The molecular weight excluding hydrogens is 202 g/mol. The summed E-state index contributed by atoms with van der Waals surface area (Å²) >= 11 is 1.81. The third-order valence-electron chi connectivity index (χ3n) is 2.65. The maximum atomic E-state index is 4.49. The maximum Gasteiger partial charge on any atom is 0.103 e. The van der Waals surface area contributed by atoms with Gasteiger partial charge in [-0.15, -0.1) is 11.3 Å². The lowest BCUT2D eigenvalue weighted by Gasteiger charge is -2.00. The number of nitrogens with zero attached hydrogens (tertiary/aromatic N) is 1. The summed E-state index contributed by atoms with van der Waals surface area (Å²) in [5, 5.41) is 1.20. The van der Waals surface area contributed by atoms with Crippen molar-refractivity contribution in [3.05, 3.63) is 64.7 Å². The van der Waals surface area contributed by atoms with Crippen molar-refractivity contribution in [1.29, 1.82) is 0 Å². The minimum Gasteiger partial charge on any atom is -0.248 e. The van der Waals surface area contributed by atoms with Crippen LogP contribution >= 0.6 is 11.3 Å². The zero-order valence-corrected chi connectivity index (χ0v) is 9.02. The normalized spacial score (nSPS) is 19.7. The van der Waals surface area contributed by atoms with Gasteiger partial charge in [-0.1, -0.05) is 48.6 Å². The Balaban J connectivity index is 1.87. The molecule has 0 spiro atoms. The van der Waals surface area contributed by atoms with Gasteiger partial charge in [0.1, 0.15) is 5.01 Å². The molecule has 0 unspecified atom stereocenters. The van der Waals surface area contributed by atoms with Crippen molar-refractivity contribution < 1.29 is 0 Å². The Hall–Kier alpha value is -1.41. The Morgan fingerprint density at radius 1 is 0.867 bits per heavy atom. The highest BCUT2D eigenvalue weighted by molar-refractivity contribution is 7.11. The van der Waals surface area contributed by atoms with Crippen molar-refractivity contribution in [2.24, 2.45) is 0 Å². The van der Waals surface area contributed by atoms with Gasteiger partial charge in [-0.3, -0.25) is 0 Å². The van der Waals surface area contributed by atoms with Gasteiger partial charge in [0.05, 0.1) is 0 Å². The molecule has 2 aliphatic carbocycles. The molecule has 1 nitrogen and oxygen atoms in total. The van der Waals surface area contributed by atoms with Crippen LogP contribution in [0.25, 0.3) is 0 Å². The van der Waals surface area contributed by atoms with Crippen molar-refractivity contribution in [2.45, 2.75) is 11.8 Å². The van der Waals surface area contributed by atoms with E-state index in [0.29, 0.717) is 11.8 Å². The van der Waals surface area contributed by atoms with E-state index >= 15 is 0 Å². The van der Waals surface area contributed by atoms with Gasteiger partial charge in [0.2, 0.25) is 0 Å². The Morgan fingerprint density at radius 3 is 2.13 bits per heavy atom. The Labute approximate surface area is 93.2 Å². The standard InChI is InChI=1S/C13H11NS/c1-2-6-10(5-1)12-9-14-13(15-12)11-7-3-4-8-11/h1-11H. The number of thiazole rings is 1. The molecule has 1 aromatic rings. The average Bonchev–Trinajstić information content (AvgIpc) is 3.02. The summed E-state index contributed by atoms with van der Waals surface area (Å²) in [5.41, 5.74) is 0. The second kappa shape index (κ2) is 3.63. The van der Waals surface area contributed by atoms with Crippen LogP contribution in [-0.2, 0) is 0 Å². The lowest BCUT2D eigenvalue weighted by molar-refractivity contribution is 1.05. The van der Waals surface area contributed by atoms with Crippen LogP contribution in [0.1, 0.15) is 21.7 Å². The van der Waals surface area contributed by atoms with E-state index < -0.39 is 0 Å². The first-order chi connectivity index (χ1) is 7.43.